The van der Waals surface area contributed by atoms with Gasteiger partial charge in [-0.2, -0.15) is 0 Å². The predicted octanol–water partition coefficient (Wildman–Crippen LogP) is 9.49. The van der Waals surface area contributed by atoms with Gasteiger partial charge in [0, 0.05) is 63.9 Å². The largest absolute Gasteiger partial charge is 0.495 e. The molecule has 402 valence electrons. The number of likely N-dealkylation sites (N-methyl/N-ethyl adjacent to an activating group) is 1. The smallest absolute Gasteiger partial charge is 0.409 e. The van der Waals surface area contributed by atoms with Crippen LogP contribution in [0.1, 0.15) is 142 Å². The molecular formula is C54H81ClN4O11S2. The number of carbonyl (C=O) groups is 5. The van der Waals surface area contributed by atoms with Gasteiger partial charge in [-0.05, 0) is 88.8 Å². The first-order valence-corrected chi connectivity index (χ1v) is 29.1. The fourth-order valence-corrected chi connectivity index (χ4v) is 13.4. The van der Waals surface area contributed by atoms with Crippen LogP contribution in [0.5, 0.6) is 5.75 Å². The number of amides is 4. The van der Waals surface area contributed by atoms with E-state index in [0.717, 1.165) is 48.0 Å². The minimum Gasteiger partial charge on any atom is -0.495 e. The van der Waals surface area contributed by atoms with E-state index in [2.05, 4.69) is 10.6 Å². The van der Waals surface area contributed by atoms with Gasteiger partial charge in [-0.1, -0.05) is 115 Å². The molecule has 6 bridgehead atoms. The molecule has 0 unspecified atom stereocenters. The van der Waals surface area contributed by atoms with Crippen LogP contribution in [0.4, 0.5) is 10.5 Å². The van der Waals surface area contributed by atoms with E-state index in [-0.39, 0.29) is 42.1 Å². The van der Waals surface area contributed by atoms with E-state index in [9.17, 15) is 29.1 Å². The standard InChI is InChI=1S/C54H81ClN4O11S2/c1-34-15-13-20-44(67-8)54(65)33-43(68-52(64)57-54)35(2)50-53(4,70-50)45(32-48(62)59(6)41-30-39(29-34)31-42(66-7)49(41)55)69-51(63)36(3)58(5)47(61)26-28-72-71-27-14-21-46(60)56-40-24-22-37-16-9-10-17-38(23-25-40)19-12-11-18-37/h13,15,20,30-31,35-38,40,43-45,50,65H,9-12,14,16-19,21-29,32-33H2,1-8H3,(H,56,60)(H,57,64)/b20-13+,34-15+/t35-,36+,37?,38?,40?,43+,44-,45+,50+,53+,54+/m1/s1. The Morgan fingerprint density at radius 1 is 1.00 bits per heavy atom. The van der Waals surface area contributed by atoms with Crippen molar-refractivity contribution in [2.75, 3.05) is 44.7 Å². The Kier molecular flexibility index (Phi) is 21.5. The van der Waals surface area contributed by atoms with Crippen molar-refractivity contribution in [2.45, 2.75) is 191 Å². The van der Waals surface area contributed by atoms with Crippen molar-refractivity contribution in [3.05, 3.63) is 46.5 Å². The highest BCUT2D eigenvalue weighted by Gasteiger charge is 2.64. The van der Waals surface area contributed by atoms with Gasteiger partial charge in [-0.15, -0.1) is 0 Å². The number of halogens is 1. The van der Waals surface area contributed by atoms with E-state index in [1.54, 1.807) is 73.8 Å². The van der Waals surface area contributed by atoms with Gasteiger partial charge in [0.05, 0.1) is 25.3 Å². The van der Waals surface area contributed by atoms with E-state index in [0.29, 0.717) is 30.0 Å². The van der Waals surface area contributed by atoms with E-state index >= 15 is 0 Å². The molecule has 3 aliphatic heterocycles. The lowest BCUT2D eigenvalue weighted by Crippen LogP contribution is -2.63. The Bertz CT molecular complexity index is 2080. The van der Waals surface area contributed by atoms with E-state index < -0.39 is 65.7 Å². The summed E-state index contributed by atoms with van der Waals surface area (Å²) in [5.41, 5.74) is -0.962. The number of ether oxygens (including phenoxy) is 5. The summed E-state index contributed by atoms with van der Waals surface area (Å²) in [6.07, 6.45) is 17.6. The lowest BCUT2D eigenvalue weighted by Gasteiger charge is -2.42. The van der Waals surface area contributed by atoms with Crippen LogP contribution in [0, 0.1) is 17.8 Å². The van der Waals surface area contributed by atoms with Gasteiger partial charge in [0.2, 0.25) is 17.7 Å². The topological polar surface area (TPSA) is 186 Å². The van der Waals surface area contributed by atoms with Crippen molar-refractivity contribution in [1.29, 1.82) is 0 Å². The average Bonchev–Trinajstić information content (AvgIpc) is 4.06. The van der Waals surface area contributed by atoms with Crippen molar-refractivity contribution in [3.63, 3.8) is 0 Å². The number of anilines is 1. The second-order valence-corrected chi connectivity index (χ2v) is 24.2. The third-order valence-corrected chi connectivity index (χ3v) is 18.7. The molecule has 4 amide bonds. The summed E-state index contributed by atoms with van der Waals surface area (Å²) in [7, 11) is 9.28. The van der Waals surface area contributed by atoms with E-state index in [4.69, 9.17) is 35.3 Å². The van der Waals surface area contributed by atoms with Crippen molar-refractivity contribution in [3.8, 4) is 5.75 Å². The Labute approximate surface area is 440 Å². The van der Waals surface area contributed by atoms with Gasteiger partial charge >= 0.3 is 12.1 Å². The Hall–Kier alpha value is -3.48. The summed E-state index contributed by atoms with van der Waals surface area (Å²) in [4.78, 5) is 70.8. The first-order chi connectivity index (χ1) is 34.3. The van der Waals surface area contributed by atoms with Gasteiger partial charge in [0.15, 0.2) is 5.72 Å². The van der Waals surface area contributed by atoms with E-state index in [1.165, 1.54) is 88.2 Å². The molecule has 2 saturated heterocycles. The molecule has 1 aromatic carbocycles. The average molecular weight is 1060 g/mol. The number of nitrogens with one attached hydrogen (secondary N) is 2. The molecule has 3 heterocycles. The third kappa shape index (κ3) is 15.5. The fraction of sp³-hybridized carbons (Fsp3) is 0.722. The highest BCUT2D eigenvalue weighted by Crippen LogP contribution is 2.49. The van der Waals surface area contributed by atoms with E-state index in [1.807, 2.05) is 19.9 Å². The predicted molar refractivity (Wildman–Crippen MR) is 284 cm³/mol. The maximum atomic E-state index is 14.4. The maximum absolute atomic E-state index is 14.4. The molecule has 5 fully saturated rings. The monoisotopic (exact) mass is 1060 g/mol. The van der Waals surface area contributed by atoms with Crippen molar-refractivity contribution in [1.82, 2.24) is 15.5 Å². The number of allylic oxidation sites excluding steroid dienone is 3. The van der Waals surface area contributed by atoms with Crippen LogP contribution in [0.3, 0.4) is 0 Å². The van der Waals surface area contributed by atoms with Crippen LogP contribution in [-0.2, 0) is 44.5 Å². The summed E-state index contributed by atoms with van der Waals surface area (Å²) in [6.45, 7) is 7.05. The number of alkyl carbamates (subject to hydrolysis) is 1. The highest BCUT2D eigenvalue weighted by molar-refractivity contribution is 8.76. The number of fused-ring (bicyclic) bond motifs is 15. The molecule has 3 aliphatic carbocycles. The second kappa shape index (κ2) is 26.8. The molecule has 3 N–H and O–H groups in total. The van der Waals surface area contributed by atoms with Gasteiger partial charge in [0.25, 0.3) is 0 Å². The molecule has 3 saturated carbocycles. The molecule has 18 heteroatoms. The highest BCUT2D eigenvalue weighted by atomic mass is 35.5. The molecule has 0 radical (unpaired) electrons. The number of rotatable bonds is 14. The Balaban J connectivity index is 1.06. The number of nitrogens with zero attached hydrogens (tertiary/aromatic N) is 2. The molecule has 1 aromatic rings. The number of epoxide rings is 1. The quantitative estimate of drug-likeness (QED) is 0.0693. The molecule has 8 atom stereocenters. The zero-order valence-corrected chi connectivity index (χ0v) is 46.2. The summed E-state index contributed by atoms with van der Waals surface area (Å²) in [6, 6.07) is 2.86. The summed E-state index contributed by atoms with van der Waals surface area (Å²) < 4.78 is 29.6. The Morgan fingerprint density at radius 2 is 1.65 bits per heavy atom. The Morgan fingerprint density at radius 3 is 2.29 bits per heavy atom. The summed E-state index contributed by atoms with van der Waals surface area (Å²) >= 11 is 6.84. The van der Waals surface area contributed by atoms with Crippen LogP contribution in [0.2, 0.25) is 5.02 Å². The van der Waals surface area contributed by atoms with Crippen molar-refractivity contribution in [2.24, 2.45) is 17.8 Å². The lowest BCUT2D eigenvalue weighted by atomic mass is 9.83. The lowest BCUT2D eigenvalue weighted by molar-refractivity contribution is -0.162. The van der Waals surface area contributed by atoms with Crippen LogP contribution < -0.4 is 20.3 Å². The van der Waals surface area contributed by atoms with Crippen LogP contribution in [0.25, 0.3) is 0 Å². The number of esters is 1. The SMILES string of the molecule is COc1cc2cc(c1Cl)N(C)C(=O)C[C@H](OC(=O)[C@H](C)N(C)C(=O)CCSSCCCC(=O)NC1CCC3CCCCC(CCCC3)CC1)[C@]1(C)O[C@H]1[C@H](C)[C@@H]1C[C@@](O)(NC(=O)O1)[C@H](OC)/C=C/C=C(\C)C2. The number of hydrogen-bond donors (Lipinski definition) is 3. The van der Waals surface area contributed by atoms with Crippen molar-refractivity contribution < 1.29 is 52.8 Å². The minimum absolute atomic E-state index is 0.0590. The fourth-order valence-electron chi connectivity index (χ4n) is 11.0. The molecule has 72 heavy (non-hydrogen) atoms. The molecule has 0 aromatic heterocycles. The van der Waals surface area contributed by atoms with Crippen molar-refractivity contribution >= 4 is 68.7 Å². The first kappa shape index (κ1) is 57.8. The minimum atomic E-state index is -1.84. The van der Waals surface area contributed by atoms with Crippen LogP contribution in [-0.4, -0.2) is 127 Å². The van der Waals surface area contributed by atoms with Gasteiger partial charge < -0.3 is 43.9 Å². The first-order valence-electron chi connectivity index (χ1n) is 26.2. The number of carbonyl (C=O) groups excluding carboxylic acids is 5. The normalized spacial score (nSPS) is 32.1. The summed E-state index contributed by atoms with van der Waals surface area (Å²) in [5, 5.41) is 18.0. The van der Waals surface area contributed by atoms with Gasteiger partial charge in [-0.25, -0.2) is 9.59 Å². The second-order valence-electron chi connectivity index (χ2n) is 21.1. The van der Waals surface area contributed by atoms with Gasteiger partial charge in [0.1, 0.15) is 40.7 Å². The molecular weight excluding hydrogens is 980 g/mol. The van der Waals surface area contributed by atoms with Crippen LogP contribution >= 0.6 is 33.2 Å². The third-order valence-electron chi connectivity index (χ3n) is 15.8. The van der Waals surface area contributed by atoms with Crippen LogP contribution in [0.15, 0.2) is 35.9 Å². The zero-order chi connectivity index (χ0) is 52.2. The summed E-state index contributed by atoms with van der Waals surface area (Å²) in [5.74, 6) is 1.43. The van der Waals surface area contributed by atoms with Gasteiger partial charge in [-0.3, -0.25) is 19.7 Å². The molecule has 7 rings (SSSR count). The number of hydrogen-bond acceptors (Lipinski definition) is 13. The molecule has 15 nitrogen and oxygen atoms in total. The zero-order valence-electron chi connectivity index (χ0n) is 43.8. The number of methoxy groups -OCH3 is 2. The molecule has 0 spiro atoms. The maximum Gasteiger partial charge on any atom is 0.409 e. The number of aliphatic hydroxyl groups is 1. The number of benzene rings is 1. The molecule has 6 aliphatic rings.